The molecule has 0 saturated heterocycles. The second-order valence-electron chi connectivity index (χ2n) is 4.22. The van der Waals surface area contributed by atoms with Crippen LogP contribution in [0.2, 0.25) is 5.02 Å². The average molecular weight is 325 g/mol. The molecule has 0 aliphatic heterocycles. The summed E-state index contributed by atoms with van der Waals surface area (Å²) in [6.45, 7) is 0. The minimum atomic E-state index is -0.652. The quantitative estimate of drug-likeness (QED) is 0.687. The van der Waals surface area contributed by atoms with Gasteiger partial charge >= 0.3 is 5.69 Å². The molecule has 0 heterocycles. The summed E-state index contributed by atoms with van der Waals surface area (Å²) in [5.41, 5.74) is -0.0835. The molecule has 2 aromatic carbocycles. The van der Waals surface area contributed by atoms with Crippen molar-refractivity contribution in [3.05, 3.63) is 62.9 Å². The lowest BCUT2D eigenvalue weighted by atomic mass is 10.1. The first-order chi connectivity index (χ1) is 10.4. The van der Waals surface area contributed by atoms with Crippen molar-refractivity contribution in [2.45, 2.75) is 0 Å². The van der Waals surface area contributed by atoms with E-state index in [1.807, 2.05) is 0 Å². The van der Waals surface area contributed by atoms with Gasteiger partial charge in [0.1, 0.15) is 5.82 Å². The van der Waals surface area contributed by atoms with Gasteiger partial charge < -0.3 is 10.1 Å². The third kappa shape index (κ3) is 3.32. The Bertz CT molecular complexity index is 752. The monoisotopic (exact) mass is 324 g/mol. The number of nitrogens with one attached hydrogen (secondary N) is 1. The minimum Gasteiger partial charge on any atom is -0.490 e. The van der Waals surface area contributed by atoms with Gasteiger partial charge in [-0.2, -0.15) is 0 Å². The second kappa shape index (κ2) is 6.40. The van der Waals surface area contributed by atoms with Gasteiger partial charge in [0.15, 0.2) is 5.75 Å². The van der Waals surface area contributed by atoms with Crippen molar-refractivity contribution in [2.24, 2.45) is 0 Å². The molecule has 22 heavy (non-hydrogen) atoms. The SMILES string of the molecule is COc1ccc(C(=O)Nc2ccc(F)cc2Cl)cc1[N+](=O)[O-]. The molecule has 0 unspecified atom stereocenters. The number of nitro groups is 1. The number of halogens is 2. The Kier molecular flexibility index (Phi) is 4.57. The number of nitro benzene ring substituents is 1. The lowest BCUT2D eigenvalue weighted by molar-refractivity contribution is -0.385. The number of ether oxygens (including phenoxy) is 1. The first-order valence-corrected chi connectivity index (χ1v) is 6.39. The van der Waals surface area contributed by atoms with Gasteiger partial charge in [-0.3, -0.25) is 14.9 Å². The lowest BCUT2D eigenvalue weighted by Gasteiger charge is -2.08. The Balaban J connectivity index is 2.30. The Morgan fingerprint density at radius 1 is 1.32 bits per heavy atom. The number of rotatable bonds is 4. The molecule has 8 heteroatoms. The van der Waals surface area contributed by atoms with Gasteiger partial charge in [-0.1, -0.05) is 11.6 Å². The molecular weight excluding hydrogens is 315 g/mol. The van der Waals surface area contributed by atoms with Crippen LogP contribution in [0.25, 0.3) is 0 Å². The fraction of sp³-hybridized carbons (Fsp3) is 0.0714. The number of benzene rings is 2. The molecule has 0 atom stereocenters. The van der Waals surface area contributed by atoms with E-state index in [4.69, 9.17) is 16.3 Å². The van der Waals surface area contributed by atoms with E-state index < -0.39 is 16.6 Å². The summed E-state index contributed by atoms with van der Waals surface area (Å²) >= 11 is 5.81. The number of anilines is 1. The highest BCUT2D eigenvalue weighted by atomic mass is 35.5. The summed E-state index contributed by atoms with van der Waals surface area (Å²) in [7, 11) is 1.29. The van der Waals surface area contributed by atoms with Crippen LogP contribution in [0, 0.1) is 15.9 Å². The molecule has 0 bridgehead atoms. The molecule has 0 aromatic heterocycles. The highest BCUT2D eigenvalue weighted by Gasteiger charge is 2.18. The molecule has 0 radical (unpaired) electrons. The normalized spacial score (nSPS) is 10.1. The third-order valence-electron chi connectivity index (χ3n) is 2.82. The Hall–Kier alpha value is -2.67. The highest BCUT2D eigenvalue weighted by molar-refractivity contribution is 6.33. The Labute approximate surface area is 129 Å². The van der Waals surface area contributed by atoms with E-state index in [9.17, 15) is 19.3 Å². The Morgan fingerprint density at radius 3 is 2.64 bits per heavy atom. The van der Waals surface area contributed by atoms with Gasteiger partial charge in [0.2, 0.25) is 0 Å². The zero-order chi connectivity index (χ0) is 16.3. The average Bonchev–Trinajstić information content (AvgIpc) is 2.49. The van der Waals surface area contributed by atoms with Crippen LogP contribution >= 0.6 is 11.6 Å². The van der Waals surface area contributed by atoms with Crippen LogP contribution in [0.15, 0.2) is 36.4 Å². The first-order valence-electron chi connectivity index (χ1n) is 6.01. The fourth-order valence-corrected chi connectivity index (χ4v) is 1.97. The van der Waals surface area contributed by atoms with Gasteiger partial charge in [-0.25, -0.2) is 4.39 Å². The molecule has 0 spiro atoms. The number of hydrogen-bond donors (Lipinski definition) is 1. The van der Waals surface area contributed by atoms with Crippen molar-refractivity contribution in [1.29, 1.82) is 0 Å². The van der Waals surface area contributed by atoms with E-state index in [0.29, 0.717) is 0 Å². The number of carbonyl (C=O) groups excluding carboxylic acids is 1. The molecule has 1 amide bonds. The smallest absolute Gasteiger partial charge is 0.311 e. The topological polar surface area (TPSA) is 81.5 Å². The number of carbonyl (C=O) groups is 1. The van der Waals surface area contributed by atoms with Crippen LogP contribution in [-0.4, -0.2) is 17.9 Å². The van der Waals surface area contributed by atoms with Crippen LogP contribution in [0.1, 0.15) is 10.4 Å². The summed E-state index contributed by atoms with van der Waals surface area (Å²) in [4.78, 5) is 22.4. The van der Waals surface area contributed by atoms with Gasteiger partial charge in [0.25, 0.3) is 5.91 Å². The summed E-state index contributed by atoms with van der Waals surface area (Å²) in [6, 6.07) is 7.27. The van der Waals surface area contributed by atoms with Crippen molar-refractivity contribution in [2.75, 3.05) is 12.4 Å². The molecule has 0 aliphatic carbocycles. The van der Waals surface area contributed by atoms with Crippen molar-refractivity contribution in [3.63, 3.8) is 0 Å². The molecule has 0 fully saturated rings. The minimum absolute atomic E-state index is 0.0244. The Morgan fingerprint density at radius 2 is 2.05 bits per heavy atom. The standard InChI is InChI=1S/C14H10ClFN2O4/c1-22-13-5-2-8(6-12(13)18(20)21)14(19)17-11-4-3-9(16)7-10(11)15/h2-7H,1H3,(H,17,19). The summed E-state index contributed by atoms with van der Waals surface area (Å²) < 4.78 is 17.8. The van der Waals surface area contributed by atoms with E-state index in [-0.39, 0.29) is 27.7 Å². The lowest BCUT2D eigenvalue weighted by Crippen LogP contribution is -2.12. The van der Waals surface area contributed by atoms with Crippen molar-refractivity contribution < 1.29 is 18.8 Å². The van der Waals surface area contributed by atoms with E-state index >= 15 is 0 Å². The fourth-order valence-electron chi connectivity index (χ4n) is 1.76. The molecule has 0 aliphatic rings. The van der Waals surface area contributed by atoms with Crippen LogP contribution in [0.5, 0.6) is 5.75 Å². The zero-order valence-corrected chi connectivity index (χ0v) is 12.1. The van der Waals surface area contributed by atoms with Crippen molar-refractivity contribution in [1.82, 2.24) is 0 Å². The van der Waals surface area contributed by atoms with E-state index in [2.05, 4.69) is 5.32 Å². The molecule has 0 saturated carbocycles. The second-order valence-corrected chi connectivity index (χ2v) is 4.63. The predicted molar refractivity (Wildman–Crippen MR) is 79.0 cm³/mol. The van der Waals surface area contributed by atoms with Gasteiger partial charge in [0.05, 0.1) is 22.7 Å². The molecule has 1 N–H and O–H groups in total. The zero-order valence-electron chi connectivity index (χ0n) is 11.3. The van der Waals surface area contributed by atoms with Crippen LogP contribution in [0.3, 0.4) is 0 Å². The number of hydrogen-bond acceptors (Lipinski definition) is 4. The molecule has 114 valence electrons. The summed E-state index contributed by atoms with van der Waals surface area (Å²) in [5.74, 6) is -1.11. The number of methoxy groups -OCH3 is 1. The summed E-state index contributed by atoms with van der Waals surface area (Å²) in [6.07, 6.45) is 0. The molecule has 6 nitrogen and oxygen atoms in total. The first kappa shape index (κ1) is 15.7. The number of nitrogens with zero attached hydrogens (tertiary/aromatic N) is 1. The van der Waals surface area contributed by atoms with Crippen LogP contribution in [0.4, 0.5) is 15.8 Å². The number of amides is 1. The van der Waals surface area contributed by atoms with Gasteiger partial charge in [-0.15, -0.1) is 0 Å². The third-order valence-corrected chi connectivity index (χ3v) is 3.13. The van der Waals surface area contributed by atoms with E-state index in [1.54, 1.807) is 0 Å². The maximum absolute atomic E-state index is 12.9. The molecule has 2 aromatic rings. The van der Waals surface area contributed by atoms with Crippen LogP contribution in [-0.2, 0) is 0 Å². The van der Waals surface area contributed by atoms with E-state index in [1.165, 1.54) is 25.3 Å². The van der Waals surface area contributed by atoms with Gasteiger partial charge in [0, 0.05) is 11.6 Å². The summed E-state index contributed by atoms with van der Waals surface area (Å²) in [5, 5.41) is 13.4. The highest BCUT2D eigenvalue weighted by Crippen LogP contribution is 2.28. The van der Waals surface area contributed by atoms with Crippen molar-refractivity contribution >= 4 is 28.9 Å². The predicted octanol–water partition coefficient (Wildman–Crippen LogP) is 3.65. The largest absolute Gasteiger partial charge is 0.490 e. The van der Waals surface area contributed by atoms with Gasteiger partial charge in [-0.05, 0) is 30.3 Å². The van der Waals surface area contributed by atoms with Crippen LogP contribution < -0.4 is 10.1 Å². The molecule has 2 rings (SSSR count). The maximum Gasteiger partial charge on any atom is 0.311 e. The van der Waals surface area contributed by atoms with Crippen molar-refractivity contribution in [3.8, 4) is 5.75 Å². The van der Waals surface area contributed by atoms with E-state index in [0.717, 1.165) is 18.2 Å². The maximum atomic E-state index is 12.9. The molecular formula is C14H10ClFN2O4.